The molecular weight excluding hydrogens is 182 g/mol. The molecule has 0 bridgehead atoms. The monoisotopic (exact) mass is 203 g/mol. The van der Waals surface area contributed by atoms with Gasteiger partial charge in [-0.05, 0) is 20.9 Å². The minimum absolute atomic E-state index is 0.118. The second kappa shape index (κ2) is 6.35. The van der Waals surface area contributed by atoms with Gasteiger partial charge in [0.05, 0.1) is 44.7 Å². The molecule has 0 amide bonds. The van der Waals surface area contributed by atoms with Crippen molar-refractivity contribution in [3.05, 3.63) is 0 Å². The molecule has 84 valence electrons. The molecule has 1 aliphatic heterocycles. The van der Waals surface area contributed by atoms with Crippen LogP contribution in [0.1, 0.15) is 13.8 Å². The average Bonchev–Trinajstić information content (AvgIpc) is 2.20. The van der Waals surface area contributed by atoms with Gasteiger partial charge in [0, 0.05) is 0 Å². The zero-order valence-corrected chi connectivity index (χ0v) is 9.29. The second-order valence-electron chi connectivity index (χ2n) is 3.76. The average molecular weight is 203 g/mol. The van der Waals surface area contributed by atoms with Gasteiger partial charge in [-0.15, -0.1) is 0 Å². The smallest absolute Gasteiger partial charge is 0.0984 e. The van der Waals surface area contributed by atoms with Crippen molar-refractivity contribution in [1.29, 1.82) is 0 Å². The lowest BCUT2D eigenvalue weighted by Gasteiger charge is -2.30. The molecule has 0 saturated carbocycles. The first-order valence-corrected chi connectivity index (χ1v) is 5.22. The molecule has 0 spiro atoms. The molecule has 0 aromatic carbocycles. The summed E-state index contributed by atoms with van der Waals surface area (Å²) in [7, 11) is 1.92. The molecule has 1 N–H and O–H groups in total. The number of likely N-dealkylation sites (N-methyl/N-ethyl adjacent to an activating group) is 1. The van der Waals surface area contributed by atoms with E-state index in [9.17, 15) is 0 Å². The van der Waals surface area contributed by atoms with E-state index in [1.807, 2.05) is 20.9 Å². The van der Waals surface area contributed by atoms with Crippen LogP contribution in [-0.2, 0) is 14.2 Å². The summed E-state index contributed by atoms with van der Waals surface area (Å²) in [6.07, 6.45) is 0.378. The van der Waals surface area contributed by atoms with E-state index in [0.717, 1.165) is 0 Å². The zero-order valence-electron chi connectivity index (χ0n) is 9.29. The van der Waals surface area contributed by atoms with E-state index in [0.29, 0.717) is 26.4 Å². The van der Waals surface area contributed by atoms with E-state index in [4.69, 9.17) is 14.2 Å². The van der Waals surface area contributed by atoms with E-state index in [-0.39, 0.29) is 18.2 Å². The standard InChI is InChI=1S/C10H21NO3/c1-8(2)14-6-9(11-3)10-7-12-4-5-13-10/h8-11H,4-7H2,1-3H3. The van der Waals surface area contributed by atoms with Crippen molar-refractivity contribution >= 4 is 0 Å². The highest BCUT2D eigenvalue weighted by molar-refractivity contribution is 4.77. The summed E-state index contributed by atoms with van der Waals surface area (Å²) in [5, 5.41) is 3.20. The SMILES string of the molecule is CNC(COC(C)C)C1COCCO1. The fourth-order valence-electron chi connectivity index (χ4n) is 1.41. The maximum absolute atomic E-state index is 5.60. The molecule has 1 aliphatic rings. The molecule has 2 unspecified atom stereocenters. The Morgan fingerprint density at radius 2 is 2.21 bits per heavy atom. The van der Waals surface area contributed by atoms with Crippen LogP contribution in [0.4, 0.5) is 0 Å². The quantitative estimate of drug-likeness (QED) is 0.703. The Hall–Kier alpha value is -0.160. The highest BCUT2D eigenvalue weighted by atomic mass is 16.6. The zero-order chi connectivity index (χ0) is 10.4. The van der Waals surface area contributed by atoms with Crippen molar-refractivity contribution < 1.29 is 14.2 Å². The van der Waals surface area contributed by atoms with Gasteiger partial charge >= 0.3 is 0 Å². The summed E-state index contributed by atoms with van der Waals surface area (Å²) in [6.45, 7) is 6.79. The Morgan fingerprint density at radius 1 is 1.43 bits per heavy atom. The van der Waals surface area contributed by atoms with Crippen molar-refractivity contribution in [2.45, 2.75) is 32.1 Å². The van der Waals surface area contributed by atoms with Gasteiger partial charge in [-0.2, -0.15) is 0 Å². The van der Waals surface area contributed by atoms with Crippen LogP contribution in [0.3, 0.4) is 0 Å². The Balaban J connectivity index is 2.28. The molecule has 1 rings (SSSR count). The molecule has 0 aromatic rings. The summed E-state index contributed by atoms with van der Waals surface area (Å²) in [5.74, 6) is 0. The predicted octanol–water partition coefficient (Wildman–Crippen LogP) is 0.415. The van der Waals surface area contributed by atoms with Gasteiger partial charge in [-0.25, -0.2) is 0 Å². The largest absolute Gasteiger partial charge is 0.377 e. The predicted molar refractivity (Wildman–Crippen MR) is 54.5 cm³/mol. The van der Waals surface area contributed by atoms with E-state index in [2.05, 4.69) is 5.32 Å². The van der Waals surface area contributed by atoms with Crippen LogP contribution < -0.4 is 5.32 Å². The molecule has 0 aromatic heterocycles. The lowest BCUT2D eigenvalue weighted by atomic mass is 10.1. The van der Waals surface area contributed by atoms with Gasteiger partial charge in [0.15, 0.2) is 0 Å². The normalized spacial score (nSPS) is 25.3. The lowest BCUT2D eigenvalue weighted by molar-refractivity contribution is -0.112. The number of nitrogens with one attached hydrogen (secondary N) is 1. The van der Waals surface area contributed by atoms with Crippen molar-refractivity contribution in [3.63, 3.8) is 0 Å². The van der Waals surface area contributed by atoms with E-state index >= 15 is 0 Å². The van der Waals surface area contributed by atoms with Crippen LogP contribution >= 0.6 is 0 Å². The maximum Gasteiger partial charge on any atom is 0.0984 e. The van der Waals surface area contributed by atoms with Gasteiger partial charge in [0.1, 0.15) is 0 Å². The molecule has 4 nitrogen and oxygen atoms in total. The van der Waals surface area contributed by atoms with Crippen LogP contribution in [0, 0.1) is 0 Å². The third-order valence-electron chi connectivity index (χ3n) is 2.27. The number of hydrogen-bond acceptors (Lipinski definition) is 4. The van der Waals surface area contributed by atoms with Crippen molar-refractivity contribution in [2.75, 3.05) is 33.5 Å². The molecule has 1 heterocycles. The summed E-state index contributed by atoms with van der Waals surface area (Å²) in [5.41, 5.74) is 0. The van der Waals surface area contributed by atoms with Crippen LogP contribution in [0.25, 0.3) is 0 Å². The van der Waals surface area contributed by atoms with Gasteiger partial charge < -0.3 is 19.5 Å². The minimum Gasteiger partial charge on any atom is -0.377 e. The summed E-state index contributed by atoms with van der Waals surface area (Å²) in [6, 6.07) is 0.220. The first-order valence-electron chi connectivity index (χ1n) is 5.22. The summed E-state index contributed by atoms with van der Waals surface area (Å²) < 4.78 is 16.5. The van der Waals surface area contributed by atoms with Crippen molar-refractivity contribution in [2.24, 2.45) is 0 Å². The second-order valence-corrected chi connectivity index (χ2v) is 3.76. The molecule has 14 heavy (non-hydrogen) atoms. The number of hydrogen-bond donors (Lipinski definition) is 1. The molecule has 1 fully saturated rings. The Labute approximate surface area is 85.9 Å². The van der Waals surface area contributed by atoms with Crippen LogP contribution in [0.2, 0.25) is 0 Å². The fourth-order valence-corrected chi connectivity index (χ4v) is 1.41. The van der Waals surface area contributed by atoms with E-state index in [1.54, 1.807) is 0 Å². The lowest BCUT2D eigenvalue weighted by Crippen LogP contribution is -2.48. The first-order chi connectivity index (χ1) is 6.74. The Bertz CT molecular complexity index is 146. The van der Waals surface area contributed by atoms with E-state index in [1.165, 1.54) is 0 Å². The first kappa shape index (κ1) is 11.9. The molecule has 0 aliphatic carbocycles. The third-order valence-corrected chi connectivity index (χ3v) is 2.27. The highest BCUT2D eigenvalue weighted by Crippen LogP contribution is 2.07. The molecule has 1 saturated heterocycles. The topological polar surface area (TPSA) is 39.7 Å². The van der Waals surface area contributed by atoms with Crippen LogP contribution in [0.5, 0.6) is 0 Å². The molecule has 0 radical (unpaired) electrons. The third kappa shape index (κ3) is 3.92. The van der Waals surface area contributed by atoms with Crippen molar-refractivity contribution in [1.82, 2.24) is 5.32 Å². The van der Waals surface area contributed by atoms with Gasteiger partial charge in [-0.1, -0.05) is 0 Å². The van der Waals surface area contributed by atoms with E-state index < -0.39 is 0 Å². The molecule has 4 heteroatoms. The summed E-state index contributed by atoms with van der Waals surface area (Å²) >= 11 is 0. The van der Waals surface area contributed by atoms with Gasteiger partial charge in [0.2, 0.25) is 0 Å². The number of ether oxygens (including phenoxy) is 3. The van der Waals surface area contributed by atoms with Crippen LogP contribution in [0.15, 0.2) is 0 Å². The fraction of sp³-hybridized carbons (Fsp3) is 1.00. The van der Waals surface area contributed by atoms with Crippen molar-refractivity contribution in [3.8, 4) is 0 Å². The van der Waals surface area contributed by atoms with Gasteiger partial charge in [-0.3, -0.25) is 0 Å². The molecular formula is C10H21NO3. The summed E-state index contributed by atoms with van der Waals surface area (Å²) in [4.78, 5) is 0. The molecule has 2 atom stereocenters. The van der Waals surface area contributed by atoms with Gasteiger partial charge in [0.25, 0.3) is 0 Å². The highest BCUT2D eigenvalue weighted by Gasteiger charge is 2.24. The number of rotatable bonds is 5. The minimum atomic E-state index is 0.118. The maximum atomic E-state index is 5.60. The Kier molecular flexibility index (Phi) is 5.40. The Morgan fingerprint density at radius 3 is 2.71 bits per heavy atom. The van der Waals surface area contributed by atoms with Crippen LogP contribution in [-0.4, -0.2) is 51.7 Å².